The molecule has 0 aromatic heterocycles. The Labute approximate surface area is 66.2 Å². The molecule has 0 bridgehead atoms. The minimum absolute atomic E-state index is 0.0335. The maximum Gasteiger partial charge on any atom is 0.221 e. The zero-order valence-electron chi connectivity index (χ0n) is 6.72. The molecular formula is C9H11NO. The monoisotopic (exact) mass is 151 g/mol. The third-order valence-corrected chi connectivity index (χ3v) is 1.37. The highest BCUT2D eigenvalue weighted by Crippen LogP contribution is 2.07. The first-order chi connectivity index (χ1) is 5.18. The minimum atomic E-state index is -0.0335. The Bertz CT molecular complexity index is 251. The average Bonchev–Trinajstić information content (AvgIpc) is 1.93. The van der Waals surface area contributed by atoms with Crippen molar-refractivity contribution in [3.63, 3.8) is 0 Å². The van der Waals surface area contributed by atoms with E-state index in [2.05, 4.69) is 5.32 Å². The van der Waals surface area contributed by atoms with Gasteiger partial charge < -0.3 is 5.32 Å². The van der Waals surface area contributed by atoms with Crippen LogP contribution in [0.5, 0.6) is 0 Å². The second kappa shape index (κ2) is 3.19. The lowest BCUT2D eigenvalue weighted by atomic mass is 10.2. The molecule has 1 amide bonds. The molecule has 0 saturated carbocycles. The summed E-state index contributed by atoms with van der Waals surface area (Å²) in [5.74, 6) is -0.0335. The zero-order valence-corrected chi connectivity index (χ0v) is 6.72. The fourth-order valence-corrected chi connectivity index (χ4v) is 0.840. The Kier molecular flexibility index (Phi) is 2.26. The molecule has 2 heteroatoms. The molecule has 0 unspecified atom stereocenters. The number of carbonyl (C=O) groups excluding carboxylic acids is 1. The van der Waals surface area contributed by atoms with Gasteiger partial charge in [-0.15, -0.1) is 0 Å². The van der Waals surface area contributed by atoms with Crippen LogP contribution in [-0.4, -0.2) is 5.91 Å². The van der Waals surface area contributed by atoms with E-state index < -0.39 is 0 Å². The summed E-state index contributed by atoms with van der Waals surface area (Å²) >= 11 is 0. The van der Waals surface area contributed by atoms with Crippen LogP contribution in [0, 0.1) is 6.92 Å². The van der Waals surface area contributed by atoms with Crippen molar-refractivity contribution in [1.29, 1.82) is 0 Å². The van der Waals surface area contributed by atoms with Crippen molar-refractivity contribution >= 4 is 11.6 Å². The van der Waals surface area contributed by atoms with E-state index in [4.69, 9.17) is 0 Å². The molecule has 0 aliphatic heterocycles. The quantitative estimate of drug-likeness (QED) is 0.611. The number of nitrogens with one attached hydrogen (secondary N) is 1. The first kappa shape index (κ1) is 7.79. The predicted molar refractivity (Wildman–Crippen MR) is 45.5 cm³/mol. The van der Waals surface area contributed by atoms with Crippen LogP contribution in [0.15, 0.2) is 24.3 Å². The standard InChI is InChI=1S/C9H11NO/c1-7-3-5-9(6-4-7)10-8(2)11/h3-6H,1-2H3,(H,10,11)/i11+2. The van der Waals surface area contributed by atoms with Crippen molar-refractivity contribution in [3.8, 4) is 0 Å². The second-order valence-corrected chi connectivity index (χ2v) is 2.55. The van der Waals surface area contributed by atoms with E-state index in [-0.39, 0.29) is 5.91 Å². The number of aryl methyl sites for hydroxylation is 1. The van der Waals surface area contributed by atoms with E-state index in [0.717, 1.165) is 5.69 Å². The van der Waals surface area contributed by atoms with Crippen LogP contribution in [0.4, 0.5) is 5.69 Å². The van der Waals surface area contributed by atoms with Crippen molar-refractivity contribution in [2.24, 2.45) is 0 Å². The number of hydrogen-bond acceptors (Lipinski definition) is 1. The smallest absolute Gasteiger partial charge is 0.221 e. The van der Waals surface area contributed by atoms with E-state index in [1.807, 2.05) is 31.2 Å². The van der Waals surface area contributed by atoms with Crippen LogP contribution in [-0.2, 0) is 4.79 Å². The lowest BCUT2D eigenvalue weighted by molar-refractivity contribution is -0.114. The van der Waals surface area contributed by atoms with E-state index in [1.165, 1.54) is 12.5 Å². The number of amides is 1. The van der Waals surface area contributed by atoms with E-state index in [0.29, 0.717) is 0 Å². The lowest BCUT2D eigenvalue weighted by Crippen LogP contribution is -2.05. The van der Waals surface area contributed by atoms with Crippen molar-refractivity contribution in [1.82, 2.24) is 0 Å². The van der Waals surface area contributed by atoms with E-state index >= 15 is 0 Å². The maximum absolute atomic E-state index is 10.6. The van der Waals surface area contributed by atoms with Crippen LogP contribution in [0.1, 0.15) is 12.5 Å². The normalized spacial score (nSPS) is 9.27. The molecule has 1 N–H and O–H groups in total. The van der Waals surface area contributed by atoms with Gasteiger partial charge in [0.05, 0.1) is 0 Å². The molecule has 0 saturated heterocycles. The molecule has 0 radical (unpaired) electrons. The highest BCUT2D eigenvalue weighted by Gasteiger charge is 1.92. The van der Waals surface area contributed by atoms with Crippen molar-refractivity contribution in [2.45, 2.75) is 13.8 Å². The molecule has 1 aromatic rings. The van der Waals surface area contributed by atoms with Gasteiger partial charge in [0.15, 0.2) is 0 Å². The SMILES string of the molecule is CC(=[18O])Nc1ccc(C)cc1. The van der Waals surface area contributed by atoms with Gasteiger partial charge in [-0.25, -0.2) is 0 Å². The van der Waals surface area contributed by atoms with Crippen LogP contribution >= 0.6 is 0 Å². The predicted octanol–water partition coefficient (Wildman–Crippen LogP) is 1.95. The largest absolute Gasteiger partial charge is 0.326 e. The molecule has 0 fully saturated rings. The molecular weight excluding hydrogens is 140 g/mol. The van der Waals surface area contributed by atoms with Crippen molar-refractivity contribution in [2.75, 3.05) is 5.32 Å². The van der Waals surface area contributed by atoms with Gasteiger partial charge >= 0.3 is 0 Å². The first-order valence-electron chi connectivity index (χ1n) is 3.53. The lowest BCUT2D eigenvalue weighted by Gasteiger charge is -2.00. The molecule has 58 valence electrons. The molecule has 1 aromatic carbocycles. The number of carbonyl (C=O) groups is 1. The van der Waals surface area contributed by atoms with Gasteiger partial charge in [-0.1, -0.05) is 17.7 Å². The fourth-order valence-electron chi connectivity index (χ4n) is 0.840. The average molecular weight is 151 g/mol. The summed E-state index contributed by atoms with van der Waals surface area (Å²) in [6.45, 7) is 3.51. The van der Waals surface area contributed by atoms with E-state index in [9.17, 15) is 4.79 Å². The summed E-state index contributed by atoms with van der Waals surface area (Å²) in [7, 11) is 0. The summed E-state index contributed by atoms with van der Waals surface area (Å²) in [6.07, 6.45) is 0. The number of benzene rings is 1. The number of anilines is 1. The molecule has 2 nitrogen and oxygen atoms in total. The topological polar surface area (TPSA) is 29.1 Å². The minimum Gasteiger partial charge on any atom is -0.326 e. The Morgan fingerprint density at radius 3 is 2.27 bits per heavy atom. The van der Waals surface area contributed by atoms with Gasteiger partial charge in [-0.2, -0.15) is 0 Å². The highest BCUT2D eigenvalue weighted by atomic mass is 18.1. The fraction of sp³-hybridized carbons (Fsp3) is 0.222. The molecule has 0 aliphatic carbocycles. The van der Waals surface area contributed by atoms with Gasteiger partial charge in [0.25, 0.3) is 0 Å². The molecule has 0 spiro atoms. The summed E-state index contributed by atoms with van der Waals surface area (Å²) in [5.41, 5.74) is 2.04. The van der Waals surface area contributed by atoms with Gasteiger partial charge in [0.1, 0.15) is 0 Å². The zero-order chi connectivity index (χ0) is 8.27. The summed E-state index contributed by atoms with van der Waals surface area (Å²) in [4.78, 5) is 10.6. The van der Waals surface area contributed by atoms with Crippen molar-refractivity contribution < 1.29 is 4.79 Å². The Morgan fingerprint density at radius 2 is 1.82 bits per heavy atom. The number of hydrogen-bond donors (Lipinski definition) is 1. The Balaban J connectivity index is 2.74. The molecule has 11 heavy (non-hydrogen) atoms. The molecule has 0 aliphatic rings. The summed E-state index contributed by atoms with van der Waals surface area (Å²) in [5, 5.41) is 2.69. The second-order valence-electron chi connectivity index (χ2n) is 2.55. The summed E-state index contributed by atoms with van der Waals surface area (Å²) < 4.78 is 0. The first-order valence-corrected chi connectivity index (χ1v) is 3.53. The Morgan fingerprint density at radius 1 is 1.27 bits per heavy atom. The van der Waals surface area contributed by atoms with Gasteiger partial charge in [0.2, 0.25) is 5.91 Å². The van der Waals surface area contributed by atoms with Crippen molar-refractivity contribution in [3.05, 3.63) is 29.8 Å². The van der Waals surface area contributed by atoms with Crippen LogP contribution in [0.25, 0.3) is 0 Å². The van der Waals surface area contributed by atoms with Crippen LogP contribution in [0.3, 0.4) is 0 Å². The molecule has 1 rings (SSSR count). The van der Waals surface area contributed by atoms with Gasteiger partial charge in [-0.05, 0) is 19.1 Å². The van der Waals surface area contributed by atoms with Crippen LogP contribution in [0.2, 0.25) is 0 Å². The van der Waals surface area contributed by atoms with Gasteiger partial charge in [0, 0.05) is 12.6 Å². The summed E-state index contributed by atoms with van der Waals surface area (Å²) in [6, 6.07) is 7.70. The third kappa shape index (κ3) is 2.42. The third-order valence-electron chi connectivity index (χ3n) is 1.37. The highest BCUT2D eigenvalue weighted by molar-refractivity contribution is 5.88. The van der Waals surface area contributed by atoms with Gasteiger partial charge in [-0.3, -0.25) is 4.79 Å². The molecule has 0 atom stereocenters. The Hall–Kier alpha value is -1.31. The molecule has 0 heterocycles. The van der Waals surface area contributed by atoms with E-state index in [1.54, 1.807) is 0 Å². The number of rotatable bonds is 1. The van der Waals surface area contributed by atoms with Crippen LogP contribution < -0.4 is 5.32 Å². The maximum atomic E-state index is 10.6.